The molecular formula is C16H10Cl2N2O2. The van der Waals surface area contributed by atoms with E-state index in [9.17, 15) is 10.4 Å². The molecule has 2 unspecified atom stereocenters. The molecule has 0 saturated carbocycles. The summed E-state index contributed by atoms with van der Waals surface area (Å²) >= 11 is 12.4. The fraction of sp³-hybridized carbons (Fsp3) is 0.125. The molecule has 1 aliphatic rings. The van der Waals surface area contributed by atoms with E-state index >= 15 is 0 Å². The van der Waals surface area contributed by atoms with Crippen LogP contribution in [0.4, 0.5) is 0 Å². The maximum Gasteiger partial charge on any atom is 0.205 e. The van der Waals surface area contributed by atoms with Crippen LogP contribution in [0.15, 0.2) is 36.4 Å². The highest BCUT2D eigenvalue weighted by Gasteiger charge is 2.38. The second-order valence-corrected chi connectivity index (χ2v) is 5.70. The van der Waals surface area contributed by atoms with Gasteiger partial charge in [0.1, 0.15) is 17.4 Å². The number of benzene rings is 2. The number of nitrogens with one attached hydrogen (secondary N) is 1. The minimum absolute atomic E-state index is 0.0258. The van der Waals surface area contributed by atoms with E-state index in [1.165, 1.54) is 12.1 Å². The molecule has 0 radical (unpaired) electrons. The van der Waals surface area contributed by atoms with E-state index in [2.05, 4.69) is 6.07 Å². The van der Waals surface area contributed by atoms with Gasteiger partial charge in [-0.2, -0.15) is 5.26 Å². The lowest BCUT2D eigenvalue weighted by atomic mass is 9.79. The Bertz CT molecular complexity index is 814. The van der Waals surface area contributed by atoms with Gasteiger partial charge < -0.3 is 9.84 Å². The van der Waals surface area contributed by atoms with E-state index in [0.717, 1.165) is 0 Å². The molecule has 1 heterocycles. The predicted octanol–water partition coefficient (Wildman–Crippen LogP) is 4.34. The Morgan fingerprint density at radius 2 is 1.95 bits per heavy atom. The van der Waals surface area contributed by atoms with Gasteiger partial charge in [0.2, 0.25) is 5.90 Å². The van der Waals surface area contributed by atoms with Crippen molar-refractivity contribution in [3.05, 3.63) is 57.6 Å². The van der Waals surface area contributed by atoms with Crippen molar-refractivity contribution in [1.82, 2.24) is 0 Å². The lowest BCUT2D eigenvalue weighted by Crippen LogP contribution is -2.31. The summed E-state index contributed by atoms with van der Waals surface area (Å²) in [5, 5.41) is 27.7. The highest BCUT2D eigenvalue weighted by molar-refractivity contribution is 6.42. The minimum atomic E-state index is -0.812. The molecule has 6 heteroatoms. The fourth-order valence-corrected chi connectivity index (χ4v) is 3.05. The number of phenolic OH excluding ortho intramolecular Hbond substituents is 1. The molecule has 22 heavy (non-hydrogen) atoms. The number of halogens is 2. The Morgan fingerprint density at radius 3 is 2.68 bits per heavy atom. The Balaban J connectivity index is 2.25. The first-order valence-corrected chi connectivity index (χ1v) is 7.21. The second kappa shape index (κ2) is 5.53. The average molecular weight is 333 g/mol. The molecule has 0 aromatic heterocycles. The van der Waals surface area contributed by atoms with Crippen molar-refractivity contribution in [3.8, 4) is 17.6 Å². The third kappa shape index (κ3) is 2.29. The molecular weight excluding hydrogens is 323 g/mol. The largest absolute Gasteiger partial charge is 0.508 e. The van der Waals surface area contributed by atoms with Crippen LogP contribution in [0.1, 0.15) is 17.0 Å². The van der Waals surface area contributed by atoms with Crippen LogP contribution >= 0.6 is 23.2 Å². The van der Waals surface area contributed by atoms with Gasteiger partial charge in [0, 0.05) is 17.5 Å². The first-order valence-electron chi connectivity index (χ1n) is 6.45. The quantitative estimate of drug-likeness (QED) is 0.815. The van der Waals surface area contributed by atoms with E-state index in [1.54, 1.807) is 24.3 Å². The highest BCUT2D eigenvalue weighted by atomic mass is 35.5. The predicted molar refractivity (Wildman–Crippen MR) is 83.9 cm³/mol. The first-order chi connectivity index (χ1) is 10.5. The van der Waals surface area contributed by atoms with Crippen LogP contribution in [0.5, 0.6) is 11.5 Å². The summed E-state index contributed by atoms with van der Waals surface area (Å²) in [6.07, 6.45) is 0. The Hall–Kier alpha value is -2.22. The maximum absolute atomic E-state index is 9.59. The van der Waals surface area contributed by atoms with Crippen molar-refractivity contribution in [3.63, 3.8) is 0 Å². The van der Waals surface area contributed by atoms with Gasteiger partial charge >= 0.3 is 0 Å². The van der Waals surface area contributed by atoms with Gasteiger partial charge in [0.25, 0.3) is 0 Å². The summed E-state index contributed by atoms with van der Waals surface area (Å²) in [6, 6.07) is 11.9. The zero-order valence-corrected chi connectivity index (χ0v) is 12.7. The molecule has 0 fully saturated rings. The molecule has 3 rings (SSSR count). The smallest absolute Gasteiger partial charge is 0.205 e. The number of hydrogen-bond acceptors (Lipinski definition) is 4. The second-order valence-electron chi connectivity index (χ2n) is 4.92. The molecule has 0 amide bonds. The van der Waals surface area contributed by atoms with Crippen LogP contribution in [-0.4, -0.2) is 11.0 Å². The monoisotopic (exact) mass is 332 g/mol. The number of nitriles is 1. The average Bonchev–Trinajstić information content (AvgIpc) is 2.48. The highest BCUT2D eigenvalue weighted by Crippen LogP contribution is 2.46. The van der Waals surface area contributed by atoms with Crippen molar-refractivity contribution in [2.45, 2.75) is 5.92 Å². The standard InChI is InChI=1S/C16H10Cl2N2O2/c17-12-3-1-2-10(15(12)18)14-9-5-4-8(21)6-13(9)22-16(20)11(14)7-19/h1-6,11,14,20-21H. The first kappa shape index (κ1) is 14.7. The van der Waals surface area contributed by atoms with E-state index < -0.39 is 11.8 Å². The molecule has 2 atom stereocenters. The molecule has 0 bridgehead atoms. The van der Waals surface area contributed by atoms with E-state index in [4.69, 9.17) is 33.3 Å². The number of phenols is 1. The van der Waals surface area contributed by atoms with Crippen molar-refractivity contribution >= 4 is 29.1 Å². The van der Waals surface area contributed by atoms with Gasteiger partial charge in [0.15, 0.2) is 0 Å². The number of aromatic hydroxyl groups is 1. The van der Waals surface area contributed by atoms with E-state index in [-0.39, 0.29) is 11.6 Å². The molecule has 2 aromatic rings. The van der Waals surface area contributed by atoms with Crippen LogP contribution in [-0.2, 0) is 0 Å². The zero-order valence-electron chi connectivity index (χ0n) is 11.2. The van der Waals surface area contributed by atoms with Crippen LogP contribution in [0.3, 0.4) is 0 Å². The third-order valence-electron chi connectivity index (χ3n) is 3.62. The lowest BCUT2D eigenvalue weighted by Gasteiger charge is -2.30. The van der Waals surface area contributed by atoms with Crippen molar-refractivity contribution in [2.24, 2.45) is 5.92 Å². The SMILES string of the molecule is N#CC1C(=N)Oc2cc(O)ccc2C1c1cccc(Cl)c1Cl. The maximum atomic E-state index is 9.59. The van der Waals surface area contributed by atoms with Gasteiger partial charge in [-0.1, -0.05) is 41.4 Å². The molecule has 110 valence electrons. The van der Waals surface area contributed by atoms with Crippen LogP contribution in [0, 0.1) is 22.7 Å². The van der Waals surface area contributed by atoms with E-state index in [0.29, 0.717) is 26.9 Å². The van der Waals surface area contributed by atoms with Crippen molar-refractivity contribution < 1.29 is 9.84 Å². The molecule has 0 saturated heterocycles. The van der Waals surface area contributed by atoms with Crippen LogP contribution in [0.25, 0.3) is 0 Å². The summed E-state index contributed by atoms with van der Waals surface area (Å²) in [5.74, 6) is -1.10. The fourth-order valence-electron chi connectivity index (χ4n) is 2.62. The van der Waals surface area contributed by atoms with Gasteiger partial charge in [0.05, 0.1) is 16.1 Å². The molecule has 0 aliphatic carbocycles. The molecule has 2 N–H and O–H groups in total. The lowest BCUT2D eigenvalue weighted by molar-refractivity contribution is 0.436. The minimum Gasteiger partial charge on any atom is -0.508 e. The Kier molecular flexibility index (Phi) is 3.69. The Morgan fingerprint density at radius 1 is 1.18 bits per heavy atom. The number of rotatable bonds is 1. The number of ether oxygens (including phenoxy) is 1. The number of hydrogen-bond donors (Lipinski definition) is 2. The van der Waals surface area contributed by atoms with Gasteiger partial charge in [-0.3, -0.25) is 5.41 Å². The summed E-state index contributed by atoms with van der Waals surface area (Å²) in [5.41, 5.74) is 1.34. The normalized spacial score (nSPS) is 20.0. The van der Waals surface area contributed by atoms with Gasteiger partial charge in [-0.15, -0.1) is 0 Å². The van der Waals surface area contributed by atoms with Gasteiger partial charge in [-0.25, -0.2) is 0 Å². The molecule has 2 aromatic carbocycles. The topological polar surface area (TPSA) is 77.1 Å². The van der Waals surface area contributed by atoms with Crippen molar-refractivity contribution in [2.75, 3.05) is 0 Å². The summed E-state index contributed by atoms with van der Waals surface area (Å²) in [4.78, 5) is 0. The molecule has 1 aliphatic heterocycles. The zero-order chi connectivity index (χ0) is 15.9. The summed E-state index contributed by atoms with van der Waals surface area (Å²) < 4.78 is 5.36. The summed E-state index contributed by atoms with van der Waals surface area (Å²) in [6.45, 7) is 0. The summed E-state index contributed by atoms with van der Waals surface area (Å²) in [7, 11) is 0. The third-order valence-corrected chi connectivity index (χ3v) is 4.46. The van der Waals surface area contributed by atoms with Gasteiger partial charge in [-0.05, 0) is 17.7 Å². The van der Waals surface area contributed by atoms with Crippen LogP contribution < -0.4 is 4.74 Å². The van der Waals surface area contributed by atoms with Crippen molar-refractivity contribution in [1.29, 1.82) is 10.7 Å². The number of nitrogens with zero attached hydrogens (tertiary/aromatic N) is 1. The van der Waals surface area contributed by atoms with E-state index in [1.807, 2.05) is 0 Å². The number of fused-ring (bicyclic) bond motifs is 1. The molecule has 0 spiro atoms. The molecule has 4 nitrogen and oxygen atoms in total. The Labute approximate surface area is 137 Å². The van der Waals surface area contributed by atoms with Crippen LogP contribution in [0.2, 0.25) is 10.0 Å².